The number of amides is 2. The Kier molecular flexibility index (Phi) is 4.45. The molecular formula is C21H23N3O. The number of fused-ring (bicyclic) bond motifs is 1. The Morgan fingerprint density at radius 2 is 1.72 bits per heavy atom. The molecule has 128 valence electrons. The van der Waals surface area contributed by atoms with Crippen LogP contribution in [0.2, 0.25) is 0 Å². The minimum atomic E-state index is -0.262. The SMILES string of the molecule is Cc1cc(NC(=O)Nc2cccc(C(C)(C)C)c2)c2ccccc2n1. The molecule has 4 nitrogen and oxygen atoms in total. The van der Waals surface area contributed by atoms with Gasteiger partial charge < -0.3 is 10.6 Å². The van der Waals surface area contributed by atoms with Crippen LogP contribution in [0.4, 0.5) is 16.2 Å². The smallest absolute Gasteiger partial charge is 0.308 e. The zero-order valence-corrected chi connectivity index (χ0v) is 15.1. The molecule has 0 saturated heterocycles. The molecule has 1 heterocycles. The average Bonchev–Trinajstić information content (AvgIpc) is 2.54. The van der Waals surface area contributed by atoms with Gasteiger partial charge in [0.1, 0.15) is 0 Å². The number of rotatable bonds is 2. The van der Waals surface area contributed by atoms with Gasteiger partial charge in [0.2, 0.25) is 0 Å². The summed E-state index contributed by atoms with van der Waals surface area (Å²) in [5, 5.41) is 6.78. The summed E-state index contributed by atoms with van der Waals surface area (Å²) >= 11 is 0. The number of para-hydroxylation sites is 1. The predicted octanol–water partition coefficient (Wildman–Crippen LogP) is 5.48. The van der Waals surface area contributed by atoms with Crippen molar-refractivity contribution in [3.8, 4) is 0 Å². The van der Waals surface area contributed by atoms with E-state index in [2.05, 4.69) is 42.5 Å². The van der Waals surface area contributed by atoms with Gasteiger partial charge in [-0.05, 0) is 42.2 Å². The van der Waals surface area contributed by atoms with Crippen molar-refractivity contribution in [1.82, 2.24) is 4.98 Å². The van der Waals surface area contributed by atoms with Crippen molar-refractivity contribution in [2.45, 2.75) is 33.1 Å². The van der Waals surface area contributed by atoms with Gasteiger partial charge in [0, 0.05) is 16.8 Å². The minimum absolute atomic E-state index is 0.0343. The molecule has 0 radical (unpaired) electrons. The Labute approximate surface area is 148 Å². The Morgan fingerprint density at radius 1 is 0.960 bits per heavy atom. The summed E-state index contributed by atoms with van der Waals surface area (Å²) in [4.78, 5) is 16.9. The van der Waals surface area contributed by atoms with Crippen molar-refractivity contribution in [3.05, 3.63) is 65.9 Å². The molecule has 3 aromatic rings. The highest BCUT2D eigenvalue weighted by Gasteiger charge is 2.14. The lowest BCUT2D eigenvalue weighted by molar-refractivity contribution is 0.262. The van der Waals surface area contributed by atoms with Gasteiger partial charge in [-0.3, -0.25) is 4.98 Å². The molecule has 0 saturated carbocycles. The van der Waals surface area contributed by atoms with E-state index in [1.807, 2.05) is 55.5 Å². The van der Waals surface area contributed by atoms with Gasteiger partial charge in [0.05, 0.1) is 11.2 Å². The van der Waals surface area contributed by atoms with Crippen molar-refractivity contribution in [3.63, 3.8) is 0 Å². The van der Waals surface area contributed by atoms with E-state index in [0.29, 0.717) is 0 Å². The number of hydrogen-bond donors (Lipinski definition) is 2. The molecule has 0 bridgehead atoms. The maximum absolute atomic E-state index is 12.5. The van der Waals surface area contributed by atoms with Crippen LogP contribution in [0.5, 0.6) is 0 Å². The maximum Gasteiger partial charge on any atom is 0.323 e. The molecule has 3 rings (SSSR count). The molecule has 0 aliphatic heterocycles. The van der Waals surface area contributed by atoms with Crippen molar-refractivity contribution >= 4 is 28.3 Å². The van der Waals surface area contributed by atoms with Crippen LogP contribution in [0.3, 0.4) is 0 Å². The van der Waals surface area contributed by atoms with E-state index in [-0.39, 0.29) is 11.4 Å². The van der Waals surface area contributed by atoms with Crippen LogP contribution in [0, 0.1) is 6.92 Å². The molecule has 25 heavy (non-hydrogen) atoms. The molecule has 0 atom stereocenters. The van der Waals surface area contributed by atoms with Crippen molar-refractivity contribution in [1.29, 1.82) is 0 Å². The molecule has 0 aliphatic rings. The number of aryl methyl sites for hydroxylation is 1. The van der Waals surface area contributed by atoms with Gasteiger partial charge in [0.15, 0.2) is 0 Å². The summed E-state index contributed by atoms with van der Waals surface area (Å²) in [5.41, 5.74) is 4.48. The number of nitrogens with zero attached hydrogens (tertiary/aromatic N) is 1. The topological polar surface area (TPSA) is 54.0 Å². The van der Waals surface area contributed by atoms with E-state index in [0.717, 1.165) is 28.0 Å². The normalized spacial score (nSPS) is 11.4. The Bertz CT molecular complexity index is 926. The van der Waals surface area contributed by atoms with Gasteiger partial charge >= 0.3 is 6.03 Å². The highest BCUT2D eigenvalue weighted by Crippen LogP contribution is 2.25. The highest BCUT2D eigenvalue weighted by molar-refractivity contribution is 6.05. The molecule has 0 aliphatic carbocycles. The number of nitrogens with one attached hydrogen (secondary N) is 2. The third-order valence-corrected chi connectivity index (χ3v) is 4.08. The lowest BCUT2D eigenvalue weighted by Crippen LogP contribution is -2.20. The first-order chi connectivity index (χ1) is 11.8. The standard InChI is InChI=1S/C21H23N3O/c1-14-12-19(17-10-5-6-11-18(17)22-14)24-20(25)23-16-9-7-8-15(13-16)21(2,3)4/h5-13H,1-4H3,(H2,22,23,24,25). The monoisotopic (exact) mass is 333 g/mol. The van der Waals surface area contributed by atoms with Crippen LogP contribution in [0.1, 0.15) is 32.0 Å². The van der Waals surface area contributed by atoms with Gasteiger partial charge in [0.25, 0.3) is 0 Å². The predicted molar refractivity (Wildman–Crippen MR) is 104 cm³/mol. The molecule has 2 N–H and O–H groups in total. The van der Waals surface area contributed by atoms with E-state index in [1.165, 1.54) is 5.56 Å². The summed E-state index contributed by atoms with van der Waals surface area (Å²) in [6, 6.07) is 17.3. The zero-order valence-electron chi connectivity index (χ0n) is 15.1. The first-order valence-electron chi connectivity index (χ1n) is 8.38. The van der Waals surface area contributed by atoms with Crippen LogP contribution < -0.4 is 10.6 Å². The number of hydrogen-bond acceptors (Lipinski definition) is 2. The van der Waals surface area contributed by atoms with Crippen LogP contribution in [0.25, 0.3) is 10.9 Å². The first kappa shape index (κ1) is 17.0. The lowest BCUT2D eigenvalue weighted by Gasteiger charge is -2.20. The first-order valence-corrected chi connectivity index (χ1v) is 8.38. The largest absolute Gasteiger partial charge is 0.323 e. The third kappa shape index (κ3) is 3.97. The fraction of sp³-hybridized carbons (Fsp3) is 0.238. The Hall–Kier alpha value is -2.88. The molecular weight excluding hydrogens is 310 g/mol. The average molecular weight is 333 g/mol. The second kappa shape index (κ2) is 6.55. The molecule has 2 aromatic carbocycles. The quantitative estimate of drug-likeness (QED) is 0.652. The summed E-state index contributed by atoms with van der Waals surface area (Å²) in [5.74, 6) is 0. The Morgan fingerprint density at radius 3 is 2.48 bits per heavy atom. The zero-order chi connectivity index (χ0) is 18.0. The van der Waals surface area contributed by atoms with Crippen LogP contribution >= 0.6 is 0 Å². The van der Waals surface area contributed by atoms with Gasteiger partial charge in [-0.1, -0.05) is 51.1 Å². The number of pyridine rings is 1. The molecule has 0 spiro atoms. The molecule has 0 fully saturated rings. The van der Waals surface area contributed by atoms with Gasteiger partial charge in [-0.15, -0.1) is 0 Å². The molecule has 0 unspecified atom stereocenters. The summed E-state index contributed by atoms with van der Waals surface area (Å²) in [6.45, 7) is 8.37. The van der Waals surface area contributed by atoms with Crippen LogP contribution in [-0.2, 0) is 5.41 Å². The van der Waals surface area contributed by atoms with E-state index < -0.39 is 0 Å². The summed E-state index contributed by atoms with van der Waals surface area (Å²) in [7, 11) is 0. The molecule has 1 aromatic heterocycles. The van der Waals surface area contributed by atoms with Crippen molar-refractivity contribution < 1.29 is 4.79 Å². The number of carbonyl (C=O) groups is 1. The van der Waals surface area contributed by atoms with Crippen molar-refractivity contribution in [2.75, 3.05) is 10.6 Å². The second-order valence-corrected chi connectivity index (χ2v) is 7.24. The number of benzene rings is 2. The van der Waals surface area contributed by atoms with Crippen molar-refractivity contribution in [2.24, 2.45) is 0 Å². The van der Waals surface area contributed by atoms with Crippen LogP contribution in [0.15, 0.2) is 54.6 Å². The van der Waals surface area contributed by atoms with Crippen LogP contribution in [-0.4, -0.2) is 11.0 Å². The summed E-state index contributed by atoms with van der Waals surface area (Å²) < 4.78 is 0. The molecule has 2 amide bonds. The number of aromatic nitrogens is 1. The number of urea groups is 1. The van der Waals surface area contributed by atoms with Gasteiger partial charge in [-0.2, -0.15) is 0 Å². The minimum Gasteiger partial charge on any atom is -0.308 e. The third-order valence-electron chi connectivity index (χ3n) is 4.08. The van der Waals surface area contributed by atoms with E-state index in [9.17, 15) is 4.79 Å². The Balaban J connectivity index is 1.82. The second-order valence-electron chi connectivity index (χ2n) is 7.24. The fourth-order valence-electron chi connectivity index (χ4n) is 2.76. The maximum atomic E-state index is 12.5. The van der Waals surface area contributed by atoms with E-state index >= 15 is 0 Å². The molecule has 4 heteroatoms. The number of carbonyl (C=O) groups excluding carboxylic acids is 1. The lowest BCUT2D eigenvalue weighted by atomic mass is 9.87. The summed E-state index contributed by atoms with van der Waals surface area (Å²) in [6.07, 6.45) is 0. The van der Waals surface area contributed by atoms with E-state index in [1.54, 1.807) is 0 Å². The van der Waals surface area contributed by atoms with Gasteiger partial charge in [-0.25, -0.2) is 4.79 Å². The highest BCUT2D eigenvalue weighted by atomic mass is 16.2. The van der Waals surface area contributed by atoms with E-state index in [4.69, 9.17) is 0 Å². The number of anilines is 2. The fourth-order valence-corrected chi connectivity index (χ4v) is 2.76.